The molecule has 16 heavy (non-hydrogen) atoms. The van der Waals surface area contributed by atoms with E-state index >= 15 is 0 Å². The number of benzene rings is 1. The van der Waals surface area contributed by atoms with Gasteiger partial charge in [0.2, 0.25) is 0 Å². The predicted octanol–water partition coefficient (Wildman–Crippen LogP) is 2.85. The maximum Gasteiger partial charge on any atom is 0.0465 e. The van der Waals surface area contributed by atoms with Crippen molar-refractivity contribution in [3.63, 3.8) is 0 Å². The first-order chi connectivity index (χ1) is 7.50. The van der Waals surface area contributed by atoms with Crippen LogP contribution in [-0.4, -0.2) is 22.3 Å². The molecule has 1 aromatic carbocycles. The zero-order chi connectivity index (χ0) is 12.1. The summed E-state index contributed by atoms with van der Waals surface area (Å²) in [6, 6.07) is 5.62. The Bertz CT molecular complexity index is 364. The Morgan fingerprint density at radius 3 is 2.44 bits per heavy atom. The lowest BCUT2D eigenvalue weighted by atomic mass is 10.2. The summed E-state index contributed by atoms with van der Waals surface area (Å²) in [6.07, 6.45) is 1.70. The summed E-state index contributed by atoms with van der Waals surface area (Å²) in [4.78, 5) is 0. The molecule has 2 atom stereocenters. The van der Waals surface area contributed by atoms with Gasteiger partial charge in [-0.15, -0.1) is 0 Å². The van der Waals surface area contributed by atoms with Crippen molar-refractivity contribution >= 4 is 34.0 Å². The molecule has 0 aliphatic heterocycles. The highest BCUT2D eigenvalue weighted by Crippen LogP contribution is 2.23. The molecular weight excluding hydrogens is 265 g/mol. The highest BCUT2D eigenvalue weighted by atomic mass is 35.5. The van der Waals surface area contributed by atoms with Gasteiger partial charge in [-0.2, -0.15) is 0 Å². The lowest BCUT2D eigenvalue weighted by Gasteiger charge is -2.14. The van der Waals surface area contributed by atoms with Gasteiger partial charge >= 0.3 is 0 Å². The fourth-order valence-electron chi connectivity index (χ4n) is 1.39. The van der Waals surface area contributed by atoms with E-state index in [1.54, 1.807) is 6.26 Å². The number of hydrogen-bond acceptors (Lipinski definition) is 2. The van der Waals surface area contributed by atoms with Crippen LogP contribution in [0.4, 0.5) is 0 Å². The Labute approximate surface area is 109 Å². The average Bonchev–Trinajstić information content (AvgIpc) is 2.15. The van der Waals surface area contributed by atoms with Gasteiger partial charge in [0.25, 0.3) is 0 Å². The van der Waals surface area contributed by atoms with Gasteiger partial charge in [-0.3, -0.25) is 4.21 Å². The van der Waals surface area contributed by atoms with E-state index in [-0.39, 0.29) is 6.04 Å². The third-order valence-corrected chi connectivity index (χ3v) is 3.85. The molecular formula is C11H15Cl2NOS. The zero-order valence-electron chi connectivity index (χ0n) is 9.30. The fraction of sp³-hybridized carbons (Fsp3) is 0.455. The van der Waals surface area contributed by atoms with Gasteiger partial charge in [0.05, 0.1) is 0 Å². The molecule has 1 rings (SSSR count). The molecule has 90 valence electrons. The van der Waals surface area contributed by atoms with Crippen LogP contribution in [-0.2, 0) is 17.3 Å². The second-order valence-electron chi connectivity index (χ2n) is 3.72. The lowest BCUT2D eigenvalue weighted by Crippen LogP contribution is -2.30. The molecule has 0 spiro atoms. The summed E-state index contributed by atoms with van der Waals surface area (Å²) in [5, 5.41) is 4.56. The molecule has 2 unspecified atom stereocenters. The number of nitrogens with one attached hydrogen (secondary N) is 1. The Morgan fingerprint density at radius 1 is 1.38 bits per heavy atom. The summed E-state index contributed by atoms with van der Waals surface area (Å²) in [7, 11) is -0.793. The second kappa shape index (κ2) is 6.60. The Balaban J connectivity index is 2.57. The minimum absolute atomic E-state index is 0.179. The normalized spacial score (nSPS) is 14.8. The van der Waals surface area contributed by atoms with E-state index in [0.29, 0.717) is 22.3 Å². The van der Waals surface area contributed by atoms with Gasteiger partial charge < -0.3 is 5.32 Å². The Hall–Kier alpha value is -0.0900. The van der Waals surface area contributed by atoms with E-state index in [0.717, 1.165) is 5.56 Å². The molecule has 2 nitrogen and oxygen atoms in total. The monoisotopic (exact) mass is 279 g/mol. The van der Waals surface area contributed by atoms with Gasteiger partial charge in [0.1, 0.15) is 0 Å². The van der Waals surface area contributed by atoms with Crippen molar-refractivity contribution in [1.82, 2.24) is 5.32 Å². The van der Waals surface area contributed by atoms with Gasteiger partial charge in [0.15, 0.2) is 0 Å². The van der Waals surface area contributed by atoms with Crippen molar-refractivity contribution in [2.24, 2.45) is 0 Å². The Kier molecular flexibility index (Phi) is 5.76. The number of halogens is 2. The molecule has 0 heterocycles. The van der Waals surface area contributed by atoms with Gasteiger partial charge in [-0.25, -0.2) is 0 Å². The van der Waals surface area contributed by atoms with Crippen molar-refractivity contribution in [3.8, 4) is 0 Å². The lowest BCUT2D eigenvalue weighted by molar-refractivity contribution is 0.587. The zero-order valence-corrected chi connectivity index (χ0v) is 11.6. The maximum absolute atomic E-state index is 11.0. The molecule has 0 aliphatic carbocycles. The van der Waals surface area contributed by atoms with E-state index in [1.807, 2.05) is 25.1 Å². The molecule has 0 aromatic heterocycles. The summed E-state index contributed by atoms with van der Waals surface area (Å²) in [5.74, 6) is 0.627. The molecule has 1 N–H and O–H groups in total. The van der Waals surface area contributed by atoms with Crippen molar-refractivity contribution in [1.29, 1.82) is 0 Å². The molecule has 0 aliphatic rings. The standard InChI is InChI=1S/C11H15Cl2NOS/c1-8(7-16(2)15)14-6-9-10(12)4-3-5-11(9)13/h3-5,8,14H,6-7H2,1-2H3. The van der Waals surface area contributed by atoms with Crippen LogP contribution in [0.3, 0.4) is 0 Å². The predicted molar refractivity (Wildman–Crippen MR) is 71.7 cm³/mol. The largest absolute Gasteiger partial charge is 0.309 e. The van der Waals surface area contributed by atoms with Gasteiger partial charge in [-0.1, -0.05) is 29.3 Å². The quantitative estimate of drug-likeness (QED) is 0.898. The summed E-state index contributed by atoms with van der Waals surface area (Å²) in [6.45, 7) is 2.59. The van der Waals surface area contributed by atoms with Crippen LogP contribution < -0.4 is 5.32 Å². The third kappa shape index (κ3) is 4.42. The van der Waals surface area contributed by atoms with Crippen LogP contribution >= 0.6 is 23.2 Å². The van der Waals surface area contributed by atoms with Gasteiger partial charge in [-0.05, 0) is 19.1 Å². The molecule has 0 bridgehead atoms. The SMILES string of the molecule is CC(CS(C)=O)NCc1c(Cl)cccc1Cl. The molecule has 0 amide bonds. The summed E-state index contributed by atoms with van der Waals surface area (Å²) in [5.41, 5.74) is 0.888. The molecule has 1 aromatic rings. The molecule has 5 heteroatoms. The molecule has 0 radical (unpaired) electrons. The van der Waals surface area contributed by atoms with Crippen molar-refractivity contribution in [2.45, 2.75) is 19.5 Å². The minimum atomic E-state index is -0.793. The fourth-order valence-corrected chi connectivity index (χ4v) is 2.74. The highest BCUT2D eigenvalue weighted by molar-refractivity contribution is 7.84. The van der Waals surface area contributed by atoms with Crippen molar-refractivity contribution < 1.29 is 4.21 Å². The van der Waals surface area contributed by atoms with Crippen molar-refractivity contribution in [3.05, 3.63) is 33.8 Å². The van der Waals surface area contributed by atoms with Crippen LogP contribution in [0.2, 0.25) is 10.0 Å². The topological polar surface area (TPSA) is 29.1 Å². The molecule has 0 saturated carbocycles. The van der Waals surface area contributed by atoms with Gasteiger partial charge in [0, 0.05) is 51.0 Å². The smallest absolute Gasteiger partial charge is 0.0465 e. The second-order valence-corrected chi connectivity index (χ2v) is 6.02. The van der Waals surface area contributed by atoms with Crippen LogP contribution in [0.15, 0.2) is 18.2 Å². The van der Waals surface area contributed by atoms with Crippen LogP contribution in [0.25, 0.3) is 0 Å². The molecule has 0 saturated heterocycles. The summed E-state index contributed by atoms with van der Waals surface area (Å²) < 4.78 is 11.0. The van der Waals surface area contributed by atoms with Crippen LogP contribution in [0.5, 0.6) is 0 Å². The maximum atomic E-state index is 11.0. The first-order valence-electron chi connectivity index (χ1n) is 4.97. The average molecular weight is 280 g/mol. The Morgan fingerprint density at radius 2 is 1.94 bits per heavy atom. The van der Waals surface area contributed by atoms with Crippen LogP contribution in [0.1, 0.15) is 12.5 Å². The highest BCUT2D eigenvalue weighted by Gasteiger charge is 2.08. The minimum Gasteiger partial charge on any atom is -0.309 e. The first-order valence-corrected chi connectivity index (χ1v) is 7.45. The van der Waals surface area contributed by atoms with E-state index in [4.69, 9.17) is 23.2 Å². The van der Waals surface area contributed by atoms with Crippen molar-refractivity contribution in [2.75, 3.05) is 12.0 Å². The molecule has 0 fully saturated rings. The van der Waals surface area contributed by atoms with E-state index in [2.05, 4.69) is 5.32 Å². The van der Waals surface area contributed by atoms with Crippen LogP contribution in [0, 0.1) is 0 Å². The summed E-state index contributed by atoms with van der Waals surface area (Å²) >= 11 is 12.1. The van der Waals surface area contributed by atoms with E-state index in [9.17, 15) is 4.21 Å². The number of rotatable bonds is 5. The van der Waals surface area contributed by atoms with E-state index in [1.165, 1.54) is 0 Å². The van der Waals surface area contributed by atoms with E-state index < -0.39 is 10.8 Å². The number of hydrogen-bond donors (Lipinski definition) is 1. The third-order valence-electron chi connectivity index (χ3n) is 2.17. The first kappa shape index (κ1) is 14.0.